The Bertz CT molecular complexity index is 360. The van der Waals surface area contributed by atoms with Crippen LogP contribution in [-0.2, 0) is 0 Å². The van der Waals surface area contributed by atoms with Crippen molar-refractivity contribution in [2.75, 3.05) is 0 Å². The third-order valence-corrected chi connectivity index (χ3v) is 3.98. The maximum Gasteiger partial charge on any atom is 0.123 e. The zero-order valence-electron chi connectivity index (χ0n) is 10.7. The summed E-state index contributed by atoms with van der Waals surface area (Å²) < 4.78 is 13.2. The average molecular weight is 235 g/mol. The van der Waals surface area contributed by atoms with Gasteiger partial charge in [-0.15, -0.1) is 0 Å². The maximum atomic E-state index is 13.2. The molecule has 0 amide bonds. The fourth-order valence-corrected chi connectivity index (χ4v) is 2.57. The van der Waals surface area contributed by atoms with Crippen molar-refractivity contribution in [3.63, 3.8) is 0 Å². The van der Waals surface area contributed by atoms with Crippen LogP contribution in [0, 0.1) is 11.7 Å². The number of nitrogens with one attached hydrogen (secondary N) is 1. The number of hydrogen-bond donors (Lipinski definition) is 1. The van der Waals surface area contributed by atoms with Crippen LogP contribution in [0.5, 0.6) is 0 Å². The van der Waals surface area contributed by atoms with Gasteiger partial charge in [0.05, 0.1) is 0 Å². The Morgan fingerprint density at radius 3 is 2.71 bits per heavy atom. The Kier molecular flexibility index (Phi) is 4.16. The second kappa shape index (κ2) is 5.63. The summed E-state index contributed by atoms with van der Waals surface area (Å²) >= 11 is 0. The average Bonchev–Trinajstić information content (AvgIpc) is 2.23. The molecule has 1 nitrogen and oxygen atoms in total. The lowest BCUT2D eigenvalue weighted by Crippen LogP contribution is -2.39. The van der Waals surface area contributed by atoms with Crippen molar-refractivity contribution in [3.8, 4) is 0 Å². The molecule has 2 rings (SSSR count). The zero-order valence-corrected chi connectivity index (χ0v) is 10.7. The highest BCUT2D eigenvalue weighted by atomic mass is 19.1. The first-order chi connectivity index (χ1) is 8.20. The van der Waals surface area contributed by atoms with Gasteiger partial charge in [-0.25, -0.2) is 4.39 Å². The van der Waals surface area contributed by atoms with Gasteiger partial charge in [-0.2, -0.15) is 0 Å². The van der Waals surface area contributed by atoms with Crippen LogP contribution in [0.25, 0.3) is 0 Å². The van der Waals surface area contributed by atoms with Crippen molar-refractivity contribution >= 4 is 0 Å². The normalized spacial score (nSPS) is 19.7. The maximum absolute atomic E-state index is 13.2. The van der Waals surface area contributed by atoms with Crippen LogP contribution in [0.4, 0.5) is 4.39 Å². The Labute approximate surface area is 103 Å². The summed E-state index contributed by atoms with van der Waals surface area (Å²) in [5.41, 5.74) is 1.07. The van der Waals surface area contributed by atoms with E-state index in [1.54, 1.807) is 12.1 Å². The molecule has 1 aromatic carbocycles. The Morgan fingerprint density at radius 1 is 1.41 bits per heavy atom. The molecular weight excluding hydrogens is 213 g/mol. The molecule has 2 unspecified atom stereocenters. The summed E-state index contributed by atoms with van der Waals surface area (Å²) in [4.78, 5) is 0. The lowest BCUT2D eigenvalue weighted by molar-refractivity contribution is 0.225. The standard InChI is InChI=1S/C15H22FN/c1-3-15(13-8-5-9-14(16)10-13)17-11(2)12-6-4-7-12/h5,8-12,15,17H,3-4,6-7H2,1-2H3. The van der Waals surface area contributed by atoms with Gasteiger partial charge < -0.3 is 5.32 Å². The van der Waals surface area contributed by atoms with E-state index in [0.717, 1.165) is 17.9 Å². The van der Waals surface area contributed by atoms with Crippen molar-refractivity contribution in [2.45, 2.75) is 51.6 Å². The summed E-state index contributed by atoms with van der Waals surface area (Å²) in [6.45, 7) is 4.40. The van der Waals surface area contributed by atoms with E-state index in [1.807, 2.05) is 6.07 Å². The molecule has 1 aliphatic carbocycles. The third kappa shape index (κ3) is 3.06. The number of benzene rings is 1. The first-order valence-electron chi connectivity index (χ1n) is 6.72. The van der Waals surface area contributed by atoms with Crippen molar-refractivity contribution in [3.05, 3.63) is 35.6 Å². The van der Waals surface area contributed by atoms with Gasteiger partial charge in [0.15, 0.2) is 0 Å². The Hall–Kier alpha value is -0.890. The van der Waals surface area contributed by atoms with Gasteiger partial charge in [-0.3, -0.25) is 0 Å². The van der Waals surface area contributed by atoms with E-state index >= 15 is 0 Å². The van der Waals surface area contributed by atoms with E-state index in [4.69, 9.17) is 0 Å². The SMILES string of the molecule is CCC(NC(C)C1CCC1)c1cccc(F)c1. The van der Waals surface area contributed by atoms with Crippen LogP contribution in [0.1, 0.15) is 51.1 Å². The van der Waals surface area contributed by atoms with Crippen LogP contribution in [0.2, 0.25) is 0 Å². The van der Waals surface area contributed by atoms with Gasteiger partial charge >= 0.3 is 0 Å². The van der Waals surface area contributed by atoms with Crippen molar-refractivity contribution < 1.29 is 4.39 Å². The molecule has 1 aliphatic rings. The molecule has 1 aromatic rings. The summed E-state index contributed by atoms with van der Waals surface area (Å²) in [5, 5.41) is 3.65. The highest BCUT2D eigenvalue weighted by Gasteiger charge is 2.25. The zero-order chi connectivity index (χ0) is 12.3. The Balaban J connectivity index is 2.00. The highest BCUT2D eigenvalue weighted by Crippen LogP contribution is 2.31. The number of hydrogen-bond acceptors (Lipinski definition) is 1. The van der Waals surface area contributed by atoms with Crippen molar-refractivity contribution in [1.82, 2.24) is 5.32 Å². The van der Waals surface area contributed by atoms with Crippen molar-refractivity contribution in [1.29, 1.82) is 0 Å². The molecule has 94 valence electrons. The van der Waals surface area contributed by atoms with E-state index in [0.29, 0.717) is 6.04 Å². The predicted molar refractivity (Wildman–Crippen MR) is 69.4 cm³/mol. The molecule has 1 saturated carbocycles. The second-order valence-electron chi connectivity index (χ2n) is 5.16. The van der Waals surface area contributed by atoms with E-state index in [1.165, 1.54) is 25.3 Å². The fraction of sp³-hybridized carbons (Fsp3) is 0.600. The molecule has 0 spiro atoms. The molecule has 17 heavy (non-hydrogen) atoms. The van der Waals surface area contributed by atoms with E-state index in [9.17, 15) is 4.39 Å². The van der Waals surface area contributed by atoms with E-state index in [-0.39, 0.29) is 11.9 Å². The predicted octanol–water partition coefficient (Wildman–Crippen LogP) is 4.06. The van der Waals surface area contributed by atoms with Gasteiger partial charge in [0.2, 0.25) is 0 Å². The molecule has 0 aromatic heterocycles. The lowest BCUT2D eigenvalue weighted by atomic mass is 9.80. The van der Waals surface area contributed by atoms with Gasteiger partial charge in [0.1, 0.15) is 5.82 Å². The van der Waals surface area contributed by atoms with Gasteiger partial charge in [-0.05, 0) is 49.8 Å². The van der Waals surface area contributed by atoms with Gasteiger partial charge in [-0.1, -0.05) is 25.5 Å². The molecular formula is C15H22FN. The molecule has 1 N–H and O–H groups in total. The van der Waals surface area contributed by atoms with Crippen LogP contribution in [-0.4, -0.2) is 6.04 Å². The van der Waals surface area contributed by atoms with Crippen LogP contribution >= 0.6 is 0 Å². The number of halogens is 1. The third-order valence-electron chi connectivity index (χ3n) is 3.98. The molecule has 0 radical (unpaired) electrons. The van der Waals surface area contributed by atoms with E-state index < -0.39 is 0 Å². The summed E-state index contributed by atoms with van der Waals surface area (Å²) in [6.07, 6.45) is 5.05. The molecule has 0 saturated heterocycles. The quantitative estimate of drug-likeness (QED) is 0.811. The first-order valence-corrected chi connectivity index (χ1v) is 6.72. The topological polar surface area (TPSA) is 12.0 Å². The fourth-order valence-electron chi connectivity index (χ4n) is 2.57. The van der Waals surface area contributed by atoms with Crippen molar-refractivity contribution in [2.24, 2.45) is 5.92 Å². The molecule has 2 atom stereocenters. The van der Waals surface area contributed by atoms with E-state index in [2.05, 4.69) is 19.2 Å². The van der Waals surface area contributed by atoms with Crippen LogP contribution < -0.4 is 5.32 Å². The smallest absolute Gasteiger partial charge is 0.123 e. The van der Waals surface area contributed by atoms with Crippen LogP contribution in [0.15, 0.2) is 24.3 Å². The minimum Gasteiger partial charge on any atom is -0.307 e. The highest BCUT2D eigenvalue weighted by molar-refractivity contribution is 5.20. The van der Waals surface area contributed by atoms with Gasteiger partial charge in [0.25, 0.3) is 0 Å². The summed E-state index contributed by atoms with van der Waals surface area (Å²) in [7, 11) is 0. The Morgan fingerprint density at radius 2 is 2.18 bits per heavy atom. The minimum atomic E-state index is -0.140. The summed E-state index contributed by atoms with van der Waals surface area (Å²) in [5.74, 6) is 0.677. The van der Waals surface area contributed by atoms with Gasteiger partial charge in [0, 0.05) is 12.1 Å². The largest absolute Gasteiger partial charge is 0.307 e. The molecule has 0 aliphatic heterocycles. The molecule has 0 bridgehead atoms. The molecule has 2 heteroatoms. The molecule has 1 fully saturated rings. The lowest BCUT2D eigenvalue weighted by Gasteiger charge is -2.34. The van der Waals surface area contributed by atoms with Crippen LogP contribution in [0.3, 0.4) is 0 Å². The number of rotatable bonds is 5. The summed E-state index contributed by atoms with van der Waals surface area (Å²) in [6, 6.07) is 7.78. The minimum absolute atomic E-state index is 0.140. The molecule has 0 heterocycles. The monoisotopic (exact) mass is 235 g/mol. The first kappa shape index (κ1) is 12.6. The second-order valence-corrected chi connectivity index (χ2v) is 5.16.